The first-order valence-corrected chi connectivity index (χ1v) is 8.43. The monoisotopic (exact) mass is 348 g/mol. The first-order chi connectivity index (χ1) is 12.5. The Balaban J connectivity index is 1.99. The van der Waals surface area contributed by atoms with Crippen molar-refractivity contribution in [2.75, 3.05) is 0 Å². The summed E-state index contributed by atoms with van der Waals surface area (Å²) in [6.45, 7) is 3.42. The zero-order valence-corrected chi connectivity index (χ0v) is 14.5. The van der Waals surface area contributed by atoms with Crippen LogP contribution in [0.3, 0.4) is 0 Å². The maximum absolute atomic E-state index is 13.4. The summed E-state index contributed by atoms with van der Waals surface area (Å²) < 4.78 is 19.0. The second-order valence-electron chi connectivity index (χ2n) is 6.46. The highest BCUT2D eigenvalue weighted by Gasteiger charge is 2.30. The molecule has 0 radical (unpaired) electrons. The summed E-state index contributed by atoms with van der Waals surface area (Å²) in [7, 11) is 0. The Kier molecular flexibility index (Phi) is 3.99. The molecule has 0 spiro atoms. The molecular formula is C21H17FN2O2. The van der Waals surface area contributed by atoms with Crippen molar-refractivity contribution in [1.82, 2.24) is 5.16 Å². The molecule has 1 atom stereocenters. The third kappa shape index (κ3) is 2.75. The number of hydrogen-bond donors (Lipinski definition) is 0. The summed E-state index contributed by atoms with van der Waals surface area (Å²) in [6, 6.07) is 13.6. The fourth-order valence-corrected chi connectivity index (χ4v) is 3.38. The second-order valence-corrected chi connectivity index (χ2v) is 6.46. The van der Waals surface area contributed by atoms with Gasteiger partial charge in [-0.1, -0.05) is 29.4 Å². The number of halogens is 1. The van der Waals surface area contributed by atoms with E-state index in [2.05, 4.69) is 5.16 Å². The van der Waals surface area contributed by atoms with Crippen molar-refractivity contribution in [2.45, 2.75) is 26.3 Å². The molecule has 1 aromatic heterocycles. The van der Waals surface area contributed by atoms with Crippen molar-refractivity contribution >= 4 is 11.5 Å². The highest BCUT2D eigenvalue weighted by molar-refractivity contribution is 6.17. The average Bonchev–Trinajstić information content (AvgIpc) is 2.94. The molecule has 2 aromatic carbocycles. The van der Waals surface area contributed by atoms with E-state index < -0.39 is 6.04 Å². The fourth-order valence-electron chi connectivity index (χ4n) is 3.38. The maximum Gasteiger partial charge on any atom is 0.169 e. The number of carbonyl (C=O) groups excluding carboxylic acids is 1. The largest absolute Gasteiger partial charge is 0.358 e. The van der Waals surface area contributed by atoms with E-state index in [0.717, 1.165) is 33.7 Å². The van der Waals surface area contributed by atoms with Gasteiger partial charge in [0.2, 0.25) is 0 Å². The van der Waals surface area contributed by atoms with E-state index in [1.165, 1.54) is 19.1 Å². The quantitative estimate of drug-likeness (QED) is 0.692. The molecule has 0 fully saturated rings. The fraction of sp³-hybridized carbons (Fsp3) is 0.190. The van der Waals surface area contributed by atoms with E-state index in [1.54, 1.807) is 12.1 Å². The molecule has 0 N–H and O–H groups in total. The van der Waals surface area contributed by atoms with E-state index in [-0.39, 0.29) is 18.0 Å². The topological polar surface area (TPSA) is 55.5 Å². The van der Waals surface area contributed by atoms with Crippen LogP contribution in [0.25, 0.3) is 11.1 Å². The number of rotatable bonds is 3. The molecule has 1 unspecified atom stereocenters. The first-order valence-electron chi connectivity index (χ1n) is 8.43. The van der Waals surface area contributed by atoms with Crippen LogP contribution in [0.4, 0.5) is 4.39 Å². The number of hydrogen-bond acceptors (Lipinski definition) is 4. The number of aryl methyl sites for hydroxylation is 1. The molecule has 4 nitrogen and oxygen atoms in total. The molecule has 0 bridgehead atoms. The van der Waals surface area contributed by atoms with Gasteiger partial charge >= 0.3 is 0 Å². The summed E-state index contributed by atoms with van der Waals surface area (Å²) in [5.41, 5.74) is 5.03. The van der Waals surface area contributed by atoms with Crippen LogP contribution in [0.2, 0.25) is 0 Å². The third-order valence-corrected chi connectivity index (χ3v) is 4.53. The lowest BCUT2D eigenvalue weighted by Gasteiger charge is -2.11. The van der Waals surface area contributed by atoms with Gasteiger partial charge in [0.25, 0.3) is 0 Å². The van der Waals surface area contributed by atoms with E-state index in [9.17, 15) is 9.18 Å². The normalized spacial score (nSPS) is 15.7. The van der Waals surface area contributed by atoms with Gasteiger partial charge in [-0.05, 0) is 43.7 Å². The van der Waals surface area contributed by atoms with Gasteiger partial charge < -0.3 is 4.52 Å². The molecule has 0 saturated carbocycles. The van der Waals surface area contributed by atoms with E-state index >= 15 is 0 Å². The highest BCUT2D eigenvalue weighted by atomic mass is 19.1. The molecule has 26 heavy (non-hydrogen) atoms. The van der Waals surface area contributed by atoms with Crippen molar-refractivity contribution in [3.05, 3.63) is 76.9 Å². The Bertz CT molecular complexity index is 1020. The minimum absolute atomic E-state index is 0.0168. The van der Waals surface area contributed by atoms with Crippen molar-refractivity contribution in [1.29, 1.82) is 0 Å². The SMILES string of the molecule is CC(=O)CC1N=C(c2ccc(F)cc2)c2ccccc2-c2c(C)noc21. The van der Waals surface area contributed by atoms with Gasteiger partial charge in [-0.25, -0.2) is 4.39 Å². The number of nitrogens with zero attached hydrogens (tertiary/aromatic N) is 2. The van der Waals surface area contributed by atoms with Crippen molar-refractivity contribution in [3.8, 4) is 11.1 Å². The van der Waals surface area contributed by atoms with Gasteiger partial charge in [0.15, 0.2) is 5.76 Å². The molecular weight excluding hydrogens is 331 g/mol. The van der Waals surface area contributed by atoms with Crippen LogP contribution in [0.1, 0.15) is 42.0 Å². The molecule has 5 heteroatoms. The first kappa shape index (κ1) is 16.4. The number of aliphatic imine (C=N–C) groups is 1. The van der Waals surface area contributed by atoms with Crippen molar-refractivity contribution < 1.29 is 13.7 Å². The molecule has 0 saturated heterocycles. The minimum atomic E-state index is -0.462. The number of Topliss-reactive ketones (excluding diaryl/α,β-unsaturated/α-hetero) is 1. The van der Waals surface area contributed by atoms with Crippen LogP contribution in [-0.2, 0) is 4.79 Å². The standard InChI is InChI=1S/C21H17FN2O2/c1-12(25)11-18-21-19(13(2)24-26-21)16-5-3-4-6-17(16)20(23-18)14-7-9-15(22)10-8-14/h3-10,18H,11H2,1-2H3. The van der Waals surface area contributed by atoms with Gasteiger partial charge in [-0.3, -0.25) is 9.79 Å². The lowest BCUT2D eigenvalue weighted by molar-refractivity contribution is -0.117. The summed E-state index contributed by atoms with van der Waals surface area (Å²) in [5, 5.41) is 4.10. The molecule has 1 aliphatic heterocycles. The Hall–Kier alpha value is -3.08. The molecule has 0 aliphatic carbocycles. The Morgan fingerprint density at radius 3 is 2.50 bits per heavy atom. The zero-order valence-electron chi connectivity index (χ0n) is 14.5. The number of carbonyl (C=O) groups is 1. The molecule has 2 heterocycles. The van der Waals surface area contributed by atoms with Gasteiger partial charge in [-0.2, -0.15) is 0 Å². The Morgan fingerprint density at radius 1 is 1.12 bits per heavy atom. The number of fused-ring (bicyclic) bond motifs is 3. The average molecular weight is 348 g/mol. The smallest absolute Gasteiger partial charge is 0.169 e. The van der Waals surface area contributed by atoms with Crippen LogP contribution < -0.4 is 0 Å². The summed E-state index contributed by atoms with van der Waals surface area (Å²) >= 11 is 0. The summed E-state index contributed by atoms with van der Waals surface area (Å²) in [4.78, 5) is 16.7. The Labute approximate surface area is 150 Å². The predicted molar refractivity (Wildman–Crippen MR) is 96.8 cm³/mol. The zero-order chi connectivity index (χ0) is 18.3. The molecule has 3 aromatic rings. The van der Waals surface area contributed by atoms with Gasteiger partial charge in [0.1, 0.15) is 17.6 Å². The minimum Gasteiger partial charge on any atom is -0.358 e. The molecule has 130 valence electrons. The molecule has 1 aliphatic rings. The predicted octanol–water partition coefficient (Wildman–Crippen LogP) is 4.66. The molecule has 0 amide bonds. The van der Waals surface area contributed by atoms with Gasteiger partial charge in [0.05, 0.1) is 17.0 Å². The lowest BCUT2D eigenvalue weighted by atomic mass is 9.93. The number of benzene rings is 2. The van der Waals surface area contributed by atoms with Gasteiger partial charge in [0, 0.05) is 17.5 Å². The van der Waals surface area contributed by atoms with E-state index in [4.69, 9.17) is 9.52 Å². The van der Waals surface area contributed by atoms with Crippen molar-refractivity contribution in [2.24, 2.45) is 4.99 Å². The number of ketones is 1. The van der Waals surface area contributed by atoms with Crippen LogP contribution in [0.5, 0.6) is 0 Å². The third-order valence-electron chi connectivity index (χ3n) is 4.53. The van der Waals surface area contributed by atoms with Crippen LogP contribution >= 0.6 is 0 Å². The van der Waals surface area contributed by atoms with Crippen LogP contribution in [0, 0.1) is 12.7 Å². The highest BCUT2D eigenvalue weighted by Crippen LogP contribution is 2.40. The van der Waals surface area contributed by atoms with Crippen LogP contribution in [-0.4, -0.2) is 16.7 Å². The van der Waals surface area contributed by atoms with E-state index in [1.807, 2.05) is 31.2 Å². The maximum atomic E-state index is 13.4. The summed E-state index contributed by atoms with van der Waals surface area (Å²) in [6.07, 6.45) is 0.223. The lowest BCUT2D eigenvalue weighted by Crippen LogP contribution is -2.07. The Morgan fingerprint density at radius 2 is 1.81 bits per heavy atom. The van der Waals surface area contributed by atoms with Crippen LogP contribution in [0.15, 0.2) is 58.0 Å². The van der Waals surface area contributed by atoms with Crippen molar-refractivity contribution in [3.63, 3.8) is 0 Å². The summed E-state index contributed by atoms with van der Waals surface area (Å²) in [5.74, 6) is 0.314. The number of aromatic nitrogens is 1. The van der Waals surface area contributed by atoms with E-state index in [0.29, 0.717) is 5.76 Å². The molecule has 4 rings (SSSR count). The second kappa shape index (κ2) is 6.33. The van der Waals surface area contributed by atoms with Gasteiger partial charge in [-0.15, -0.1) is 0 Å².